The molecule has 124 valence electrons. The van der Waals surface area contributed by atoms with Gasteiger partial charge in [-0.15, -0.1) is 0 Å². The molecule has 0 saturated heterocycles. The summed E-state index contributed by atoms with van der Waals surface area (Å²) < 4.78 is 21.2. The van der Waals surface area contributed by atoms with Crippen molar-refractivity contribution >= 4 is 15.0 Å². The molecule has 23 heavy (non-hydrogen) atoms. The fourth-order valence-electron chi connectivity index (χ4n) is 2.23. The van der Waals surface area contributed by atoms with Gasteiger partial charge in [-0.2, -0.15) is 0 Å². The molecule has 0 spiro atoms. The monoisotopic (exact) mass is 382 g/mol. The molecule has 5 heteroatoms. The van der Waals surface area contributed by atoms with E-state index < -0.39 is 0 Å². The fraction of sp³-hybridized carbons (Fsp3) is 0.333. The Hall–Kier alpha value is -1.84. The second kappa shape index (κ2) is 8.70. The Kier molecular flexibility index (Phi) is 6.63. The van der Waals surface area contributed by atoms with Crippen LogP contribution in [0, 0.1) is 0 Å². The number of rotatable bonds is 8. The van der Waals surface area contributed by atoms with Crippen molar-refractivity contribution in [2.75, 3.05) is 28.4 Å². The molecule has 0 aliphatic rings. The summed E-state index contributed by atoms with van der Waals surface area (Å²) >= 11 is 0.458. The predicted octanol–water partition coefficient (Wildman–Crippen LogP) is 3.13. The molecule has 0 saturated carbocycles. The third-order valence-electron chi connectivity index (χ3n) is 3.43. The Labute approximate surface area is 143 Å². The summed E-state index contributed by atoms with van der Waals surface area (Å²) in [6.07, 6.45) is 0. The van der Waals surface area contributed by atoms with Crippen LogP contribution in [-0.4, -0.2) is 43.4 Å². The van der Waals surface area contributed by atoms with Crippen molar-refractivity contribution in [2.45, 2.75) is 10.6 Å². The van der Waals surface area contributed by atoms with Gasteiger partial charge in [0.25, 0.3) is 0 Å². The van der Waals surface area contributed by atoms with Crippen LogP contribution in [0.3, 0.4) is 0 Å². The normalized spacial score (nSPS) is 10.3. The molecule has 2 rings (SSSR count). The van der Waals surface area contributed by atoms with Crippen LogP contribution in [0.25, 0.3) is 0 Å². The molecular weight excluding hydrogens is 359 g/mol. The van der Waals surface area contributed by atoms with E-state index in [1.54, 1.807) is 28.4 Å². The molecule has 0 radical (unpaired) electrons. The first-order valence-corrected chi connectivity index (χ1v) is 9.63. The molecule has 0 unspecified atom stereocenters. The number of methoxy groups -OCH3 is 4. The van der Waals surface area contributed by atoms with Gasteiger partial charge in [0.1, 0.15) is 0 Å². The van der Waals surface area contributed by atoms with Crippen molar-refractivity contribution in [3.05, 3.63) is 47.5 Å². The Morgan fingerprint density at radius 2 is 1.00 bits per heavy atom. The third-order valence-corrected chi connectivity index (χ3v) is 5.69. The summed E-state index contributed by atoms with van der Waals surface area (Å²) in [5.41, 5.74) is 2.53. The zero-order chi connectivity index (χ0) is 16.7. The zero-order valence-electron chi connectivity index (χ0n) is 13.9. The molecule has 4 nitrogen and oxygen atoms in total. The topological polar surface area (TPSA) is 36.9 Å². The van der Waals surface area contributed by atoms with Gasteiger partial charge in [0.15, 0.2) is 0 Å². The molecule has 2 aromatic rings. The van der Waals surface area contributed by atoms with E-state index in [2.05, 4.69) is 24.3 Å². The van der Waals surface area contributed by atoms with E-state index in [-0.39, 0.29) is 0 Å². The summed E-state index contributed by atoms with van der Waals surface area (Å²) in [6, 6.07) is 12.2. The van der Waals surface area contributed by atoms with E-state index in [4.69, 9.17) is 18.9 Å². The third kappa shape index (κ3) is 4.57. The van der Waals surface area contributed by atoms with E-state index in [0.717, 1.165) is 33.6 Å². The van der Waals surface area contributed by atoms with Gasteiger partial charge in [0, 0.05) is 0 Å². The van der Waals surface area contributed by atoms with Crippen LogP contribution in [0.5, 0.6) is 23.0 Å². The summed E-state index contributed by atoms with van der Waals surface area (Å²) in [4.78, 5) is 0. The number of hydrogen-bond acceptors (Lipinski definition) is 4. The molecular formula is C18H22O4Se. The zero-order valence-corrected chi connectivity index (χ0v) is 15.6. The van der Waals surface area contributed by atoms with Gasteiger partial charge in [0.05, 0.1) is 0 Å². The van der Waals surface area contributed by atoms with Crippen molar-refractivity contribution in [1.29, 1.82) is 0 Å². The Bertz CT molecular complexity index is 587. The second-order valence-corrected chi connectivity index (χ2v) is 6.94. The van der Waals surface area contributed by atoms with E-state index >= 15 is 0 Å². The van der Waals surface area contributed by atoms with Crippen molar-refractivity contribution in [1.82, 2.24) is 0 Å². The molecule has 0 atom stereocenters. The molecule has 0 amide bonds. The fourth-order valence-corrected chi connectivity index (χ4v) is 4.18. The molecule has 0 N–H and O–H groups in total. The average molecular weight is 381 g/mol. The van der Waals surface area contributed by atoms with Gasteiger partial charge in [0.2, 0.25) is 0 Å². The van der Waals surface area contributed by atoms with Crippen LogP contribution in [-0.2, 0) is 10.6 Å². The first-order chi connectivity index (χ1) is 11.2. The summed E-state index contributed by atoms with van der Waals surface area (Å²) in [7, 11) is 6.63. The summed E-state index contributed by atoms with van der Waals surface area (Å²) in [6.45, 7) is 0. The average Bonchev–Trinajstić information content (AvgIpc) is 2.61. The number of ether oxygens (including phenoxy) is 4. The van der Waals surface area contributed by atoms with Crippen LogP contribution >= 0.6 is 0 Å². The van der Waals surface area contributed by atoms with Gasteiger partial charge >= 0.3 is 144 Å². The minimum absolute atomic E-state index is 0.458. The Morgan fingerprint density at radius 1 is 0.609 bits per heavy atom. The van der Waals surface area contributed by atoms with Gasteiger partial charge in [-0.3, -0.25) is 0 Å². The van der Waals surface area contributed by atoms with Crippen molar-refractivity contribution in [3.8, 4) is 23.0 Å². The van der Waals surface area contributed by atoms with E-state index in [1.807, 2.05) is 12.1 Å². The maximum absolute atomic E-state index is 5.35. The Morgan fingerprint density at radius 3 is 1.35 bits per heavy atom. The molecule has 0 aliphatic carbocycles. The van der Waals surface area contributed by atoms with E-state index in [0.29, 0.717) is 15.0 Å². The molecule has 0 aromatic heterocycles. The van der Waals surface area contributed by atoms with Gasteiger partial charge in [-0.05, 0) is 0 Å². The van der Waals surface area contributed by atoms with Gasteiger partial charge < -0.3 is 0 Å². The van der Waals surface area contributed by atoms with Gasteiger partial charge in [-0.25, -0.2) is 0 Å². The molecule has 0 fully saturated rings. The maximum atomic E-state index is 5.35. The summed E-state index contributed by atoms with van der Waals surface area (Å²) in [5.74, 6) is 3.10. The van der Waals surface area contributed by atoms with Crippen LogP contribution in [0.4, 0.5) is 0 Å². The minimum atomic E-state index is 0.458. The first-order valence-electron chi connectivity index (χ1n) is 7.21. The van der Waals surface area contributed by atoms with E-state index in [1.165, 1.54) is 11.1 Å². The van der Waals surface area contributed by atoms with Gasteiger partial charge in [-0.1, -0.05) is 0 Å². The second-order valence-electron chi connectivity index (χ2n) is 4.87. The van der Waals surface area contributed by atoms with Crippen LogP contribution in [0.2, 0.25) is 0 Å². The summed E-state index contributed by atoms with van der Waals surface area (Å²) in [5, 5.41) is 2.09. The van der Waals surface area contributed by atoms with Crippen molar-refractivity contribution < 1.29 is 18.9 Å². The first kappa shape index (κ1) is 17.5. The number of hydrogen-bond donors (Lipinski definition) is 0. The van der Waals surface area contributed by atoms with Crippen molar-refractivity contribution in [3.63, 3.8) is 0 Å². The molecule has 2 aromatic carbocycles. The van der Waals surface area contributed by atoms with Crippen LogP contribution in [0.15, 0.2) is 36.4 Å². The van der Waals surface area contributed by atoms with Crippen LogP contribution in [0.1, 0.15) is 11.1 Å². The van der Waals surface area contributed by atoms with Crippen LogP contribution < -0.4 is 18.9 Å². The molecule has 0 heterocycles. The predicted molar refractivity (Wildman–Crippen MR) is 92.3 cm³/mol. The number of benzene rings is 2. The van der Waals surface area contributed by atoms with Crippen molar-refractivity contribution in [2.24, 2.45) is 0 Å². The van der Waals surface area contributed by atoms with E-state index in [9.17, 15) is 0 Å². The molecule has 0 bridgehead atoms. The SMILES string of the molecule is COc1ccc(C[Se]Cc2ccc(OC)c(OC)c2)cc1OC. The Balaban J connectivity index is 1.97. The standard InChI is InChI=1S/C18H22O4Se/c1-19-15-7-5-13(9-17(15)21-3)11-23-12-14-6-8-16(20-2)18(10-14)22-4/h5-10H,11-12H2,1-4H3. The quantitative estimate of drug-likeness (QED) is 0.659. The molecule has 0 aliphatic heterocycles.